The third-order valence-electron chi connectivity index (χ3n) is 4.44. The Morgan fingerprint density at radius 2 is 1.95 bits per heavy atom. The Morgan fingerprint density at radius 1 is 1.26 bits per heavy atom. The van der Waals surface area contributed by atoms with Crippen molar-refractivity contribution < 1.29 is 9.18 Å². The number of hydrogen-bond acceptors (Lipinski definition) is 1. The van der Waals surface area contributed by atoms with Crippen LogP contribution in [0.4, 0.5) is 4.39 Å². The molecule has 1 aliphatic rings. The van der Waals surface area contributed by atoms with Crippen LogP contribution in [0, 0.1) is 23.6 Å². The van der Waals surface area contributed by atoms with Gasteiger partial charge in [0, 0.05) is 12.3 Å². The topological polar surface area (TPSA) is 17.1 Å². The summed E-state index contributed by atoms with van der Waals surface area (Å²) < 4.78 is 13.1. The van der Waals surface area contributed by atoms with Gasteiger partial charge in [-0.25, -0.2) is 4.39 Å². The molecule has 0 saturated heterocycles. The van der Waals surface area contributed by atoms with Gasteiger partial charge < -0.3 is 0 Å². The van der Waals surface area contributed by atoms with Crippen LogP contribution in [0.1, 0.15) is 45.1 Å². The van der Waals surface area contributed by atoms with E-state index >= 15 is 0 Å². The molecule has 1 aromatic rings. The van der Waals surface area contributed by atoms with Crippen LogP contribution in [0.15, 0.2) is 24.3 Å². The predicted molar refractivity (Wildman–Crippen MR) is 75.4 cm³/mol. The Bertz CT molecular complexity index is 431. The lowest BCUT2D eigenvalue weighted by Crippen LogP contribution is -2.25. The molecule has 1 fully saturated rings. The van der Waals surface area contributed by atoms with Crippen LogP contribution in [-0.2, 0) is 11.2 Å². The molecule has 0 unspecified atom stereocenters. The molecule has 1 nitrogen and oxygen atoms in total. The van der Waals surface area contributed by atoms with Crippen molar-refractivity contribution in [3.63, 3.8) is 0 Å². The van der Waals surface area contributed by atoms with E-state index in [0.717, 1.165) is 43.1 Å². The molecule has 0 aromatic heterocycles. The van der Waals surface area contributed by atoms with Gasteiger partial charge in [-0.05, 0) is 55.2 Å². The van der Waals surface area contributed by atoms with E-state index in [9.17, 15) is 9.18 Å². The van der Waals surface area contributed by atoms with Gasteiger partial charge in [-0.2, -0.15) is 0 Å². The van der Waals surface area contributed by atoms with Gasteiger partial charge in [-0.1, -0.05) is 26.0 Å². The molecule has 0 amide bonds. The van der Waals surface area contributed by atoms with E-state index in [0.29, 0.717) is 6.42 Å². The molecule has 0 radical (unpaired) electrons. The van der Waals surface area contributed by atoms with Crippen LogP contribution >= 0.6 is 0 Å². The van der Waals surface area contributed by atoms with E-state index in [1.54, 1.807) is 6.07 Å². The van der Waals surface area contributed by atoms with Crippen LogP contribution in [0.5, 0.6) is 0 Å². The predicted octanol–water partition coefficient (Wildman–Crippen LogP) is 4.40. The van der Waals surface area contributed by atoms with E-state index in [1.165, 1.54) is 12.1 Å². The van der Waals surface area contributed by atoms with Gasteiger partial charge in [0.1, 0.15) is 11.6 Å². The van der Waals surface area contributed by atoms with Crippen molar-refractivity contribution in [3.05, 3.63) is 35.6 Å². The van der Waals surface area contributed by atoms with Gasteiger partial charge >= 0.3 is 0 Å². The quantitative estimate of drug-likeness (QED) is 0.786. The number of carbonyl (C=O) groups is 1. The Morgan fingerprint density at radius 3 is 2.53 bits per heavy atom. The largest absolute Gasteiger partial charge is 0.299 e. The maximum absolute atomic E-state index is 13.1. The number of carbonyl (C=O) groups excluding carboxylic acids is 1. The van der Waals surface area contributed by atoms with Crippen molar-refractivity contribution in [2.24, 2.45) is 17.8 Å². The summed E-state index contributed by atoms with van der Waals surface area (Å²) in [7, 11) is 0. The molecule has 1 aromatic carbocycles. The summed E-state index contributed by atoms with van der Waals surface area (Å²) in [5, 5.41) is 0. The summed E-state index contributed by atoms with van der Waals surface area (Å²) in [6.07, 6.45) is 4.73. The van der Waals surface area contributed by atoms with E-state index in [4.69, 9.17) is 0 Å². The molecular weight excluding hydrogens is 239 g/mol. The average Bonchev–Trinajstić information content (AvgIpc) is 2.39. The smallest absolute Gasteiger partial charge is 0.140 e. The summed E-state index contributed by atoms with van der Waals surface area (Å²) in [6.45, 7) is 4.53. The first-order valence-corrected chi connectivity index (χ1v) is 7.33. The Kier molecular flexibility index (Phi) is 4.73. The minimum atomic E-state index is -0.256. The molecule has 1 saturated carbocycles. The molecule has 104 valence electrons. The van der Waals surface area contributed by atoms with Gasteiger partial charge in [0.2, 0.25) is 0 Å². The molecule has 0 bridgehead atoms. The van der Waals surface area contributed by atoms with E-state index < -0.39 is 0 Å². The summed E-state index contributed by atoms with van der Waals surface area (Å²) in [4.78, 5) is 12.2. The molecule has 2 heteroatoms. The van der Waals surface area contributed by atoms with Crippen molar-refractivity contribution in [3.8, 4) is 0 Å². The fourth-order valence-electron chi connectivity index (χ4n) is 3.10. The second-order valence-corrected chi connectivity index (χ2v) is 6.13. The Labute approximate surface area is 115 Å². The highest BCUT2D eigenvalue weighted by atomic mass is 19.1. The van der Waals surface area contributed by atoms with Crippen molar-refractivity contribution >= 4 is 5.78 Å². The number of hydrogen-bond donors (Lipinski definition) is 0. The van der Waals surface area contributed by atoms with Crippen LogP contribution < -0.4 is 0 Å². The fraction of sp³-hybridized carbons (Fsp3) is 0.588. The van der Waals surface area contributed by atoms with Crippen molar-refractivity contribution in [2.45, 2.75) is 46.0 Å². The number of rotatable bonds is 4. The van der Waals surface area contributed by atoms with Gasteiger partial charge in [0.15, 0.2) is 0 Å². The monoisotopic (exact) mass is 262 g/mol. The summed E-state index contributed by atoms with van der Waals surface area (Å²) in [5.41, 5.74) is 0.802. The second-order valence-electron chi connectivity index (χ2n) is 6.13. The standard InChI is InChI=1S/C17H23FO/c1-12(2)14-6-8-15(9-7-14)17(19)11-13-4-3-5-16(18)10-13/h3-5,10,12,14-15H,6-9,11H2,1-2H3. The molecule has 1 aliphatic carbocycles. The summed E-state index contributed by atoms with van der Waals surface area (Å²) in [5.74, 6) is 1.72. The molecule has 0 spiro atoms. The van der Waals surface area contributed by atoms with Crippen molar-refractivity contribution in [1.29, 1.82) is 0 Å². The number of benzene rings is 1. The maximum atomic E-state index is 13.1. The van der Waals surface area contributed by atoms with Gasteiger partial charge in [-0.15, -0.1) is 0 Å². The van der Waals surface area contributed by atoms with Gasteiger partial charge in [0.25, 0.3) is 0 Å². The third kappa shape index (κ3) is 3.89. The van der Waals surface area contributed by atoms with Crippen LogP contribution in [0.3, 0.4) is 0 Å². The molecule has 2 rings (SSSR count). The average molecular weight is 262 g/mol. The first-order valence-electron chi connectivity index (χ1n) is 7.33. The van der Waals surface area contributed by atoms with Gasteiger partial charge in [-0.3, -0.25) is 4.79 Å². The highest BCUT2D eigenvalue weighted by Gasteiger charge is 2.27. The lowest BCUT2D eigenvalue weighted by molar-refractivity contribution is -0.123. The highest BCUT2D eigenvalue weighted by Crippen LogP contribution is 2.34. The first-order chi connectivity index (χ1) is 9.06. The van der Waals surface area contributed by atoms with Crippen LogP contribution in [0.25, 0.3) is 0 Å². The Balaban J connectivity index is 1.88. The minimum Gasteiger partial charge on any atom is -0.299 e. The zero-order valence-corrected chi connectivity index (χ0v) is 11.9. The zero-order chi connectivity index (χ0) is 13.8. The maximum Gasteiger partial charge on any atom is 0.140 e. The van der Waals surface area contributed by atoms with E-state index in [-0.39, 0.29) is 17.5 Å². The zero-order valence-electron chi connectivity index (χ0n) is 11.9. The van der Waals surface area contributed by atoms with Crippen LogP contribution in [0.2, 0.25) is 0 Å². The highest BCUT2D eigenvalue weighted by molar-refractivity contribution is 5.83. The van der Waals surface area contributed by atoms with Crippen molar-refractivity contribution in [2.75, 3.05) is 0 Å². The van der Waals surface area contributed by atoms with Crippen LogP contribution in [-0.4, -0.2) is 5.78 Å². The molecule has 0 aliphatic heterocycles. The van der Waals surface area contributed by atoms with E-state index in [2.05, 4.69) is 13.8 Å². The summed E-state index contributed by atoms with van der Waals surface area (Å²) >= 11 is 0. The SMILES string of the molecule is CC(C)C1CCC(C(=O)Cc2cccc(F)c2)CC1. The summed E-state index contributed by atoms with van der Waals surface area (Å²) in [6, 6.07) is 6.40. The number of Topliss-reactive ketones (excluding diaryl/α,β-unsaturated/α-hetero) is 1. The normalized spacial score (nSPS) is 23.6. The molecule has 0 atom stereocenters. The lowest BCUT2D eigenvalue weighted by Gasteiger charge is -2.30. The van der Waals surface area contributed by atoms with E-state index in [1.807, 2.05) is 6.07 Å². The lowest BCUT2D eigenvalue weighted by atomic mass is 9.75. The molecule has 0 N–H and O–H groups in total. The van der Waals surface area contributed by atoms with Gasteiger partial charge in [0.05, 0.1) is 0 Å². The number of halogens is 1. The molecular formula is C17H23FO. The third-order valence-corrected chi connectivity index (χ3v) is 4.44. The van der Waals surface area contributed by atoms with Crippen molar-refractivity contribution in [1.82, 2.24) is 0 Å². The first kappa shape index (κ1) is 14.2. The molecule has 0 heterocycles. The Hall–Kier alpha value is -1.18. The minimum absolute atomic E-state index is 0.193. The molecule has 19 heavy (non-hydrogen) atoms. The number of ketones is 1. The second kappa shape index (κ2) is 6.31. The fourth-order valence-corrected chi connectivity index (χ4v) is 3.10.